The minimum Gasteiger partial charge on any atom is -0.457 e. The zero-order chi connectivity index (χ0) is 24.6. The Balaban J connectivity index is 0.000000674. The molecule has 0 amide bonds. The molecule has 7 heteroatoms. The van der Waals surface area contributed by atoms with Gasteiger partial charge in [0.2, 0.25) is 0 Å². The molecule has 0 aliphatic carbocycles. The van der Waals surface area contributed by atoms with E-state index in [0.29, 0.717) is 11.5 Å². The maximum atomic E-state index is 13.1. The monoisotopic (exact) mass is 474 g/mol. The predicted octanol–water partition coefficient (Wildman–Crippen LogP) is 3.41. The maximum Gasteiger partial charge on any atom is 1.00 e. The molecule has 1 aromatic heterocycles. The van der Waals surface area contributed by atoms with Crippen LogP contribution < -0.4 is 28.9 Å². The Morgan fingerprint density at radius 1 is 1.11 bits per heavy atom. The van der Waals surface area contributed by atoms with Gasteiger partial charge in [0.15, 0.2) is 0 Å². The molecule has 1 unspecified atom stereocenters. The number of nitrogens with one attached hydrogen (secondary N) is 1. The number of allylic oxidation sites excluding steroid dienone is 1. The average molecular weight is 474 g/mol. The number of hydrogen-bond donors (Lipinski definition) is 1. The molecule has 2 heterocycles. The molecule has 1 aliphatic heterocycles. The SMILES string of the molecule is C=C[C-]=O.[CH2-][C@@H]([CH-][C@H]1OC1Nc1cccc2cccnc12)c1cccc(Oc2ccc(F)cc2)c1.[Li+]. The second-order valence-corrected chi connectivity index (χ2v) is 7.80. The first-order chi connectivity index (χ1) is 17.1. The average Bonchev–Trinajstić information content (AvgIpc) is 3.62. The number of halogens is 1. The van der Waals surface area contributed by atoms with E-state index in [2.05, 4.69) is 30.2 Å². The molecule has 36 heavy (non-hydrogen) atoms. The predicted molar refractivity (Wildman–Crippen MR) is 135 cm³/mol. The molecule has 0 saturated carbocycles. The molecule has 1 saturated heterocycles. The van der Waals surface area contributed by atoms with Gasteiger partial charge in [-0.25, -0.2) is 17.0 Å². The van der Waals surface area contributed by atoms with Crippen LogP contribution in [0.1, 0.15) is 11.5 Å². The fraction of sp³-hybridized carbons (Fsp3) is 0.103. The van der Waals surface area contributed by atoms with Gasteiger partial charge in [-0.15, -0.1) is 0 Å². The summed E-state index contributed by atoms with van der Waals surface area (Å²) in [6.07, 6.45) is 6.24. The van der Waals surface area contributed by atoms with Crippen LogP contribution in [-0.4, -0.2) is 23.6 Å². The van der Waals surface area contributed by atoms with Gasteiger partial charge < -0.3 is 32.9 Å². The van der Waals surface area contributed by atoms with E-state index in [1.165, 1.54) is 18.4 Å². The number of benzene rings is 3. The minimum absolute atomic E-state index is 0. The molecule has 5 rings (SSSR count). The van der Waals surface area contributed by atoms with E-state index >= 15 is 0 Å². The summed E-state index contributed by atoms with van der Waals surface area (Å²) < 4.78 is 24.7. The Morgan fingerprint density at radius 2 is 1.83 bits per heavy atom. The second kappa shape index (κ2) is 13.0. The van der Waals surface area contributed by atoms with E-state index in [1.54, 1.807) is 18.3 Å². The molecule has 3 atom stereocenters. The second-order valence-electron chi connectivity index (χ2n) is 7.80. The van der Waals surface area contributed by atoms with Crippen molar-refractivity contribution in [1.29, 1.82) is 0 Å². The van der Waals surface area contributed by atoms with Crippen LogP contribution in [0.4, 0.5) is 10.1 Å². The number of epoxide rings is 1. The van der Waals surface area contributed by atoms with Gasteiger partial charge in [-0.3, -0.25) is 10.9 Å². The van der Waals surface area contributed by atoms with Gasteiger partial charge in [0, 0.05) is 11.6 Å². The third-order valence-corrected chi connectivity index (χ3v) is 5.30. The molecule has 0 bridgehead atoms. The molecule has 1 N–H and O–H groups in total. The summed E-state index contributed by atoms with van der Waals surface area (Å²) in [4.78, 5) is 13.4. The van der Waals surface area contributed by atoms with Gasteiger partial charge in [0.1, 0.15) is 23.5 Å². The number of aromatic nitrogens is 1. The first-order valence-corrected chi connectivity index (χ1v) is 11.0. The van der Waals surface area contributed by atoms with Gasteiger partial charge in [0.05, 0.1) is 11.2 Å². The van der Waals surface area contributed by atoms with E-state index in [1.807, 2.05) is 54.6 Å². The molecule has 1 aliphatic rings. The van der Waals surface area contributed by atoms with Crippen LogP contribution in [-0.2, 0) is 9.53 Å². The van der Waals surface area contributed by atoms with Gasteiger partial charge in [-0.1, -0.05) is 35.9 Å². The molecule has 3 aromatic carbocycles. The summed E-state index contributed by atoms with van der Waals surface area (Å²) in [5.41, 5.74) is 2.89. The van der Waals surface area contributed by atoms with Crippen LogP contribution in [0.25, 0.3) is 10.9 Å². The van der Waals surface area contributed by atoms with E-state index in [4.69, 9.17) is 14.3 Å². The largest absolute Gasteiger partial charge is 1.00 e. The molecule has 1 fully saturated rings. The summed E-state index contributed by atoms with van der Waals surface area (Å²) in [7, 11) is 0. The number of para-hydroxylation sites is 1. The summed E-state index contributed by atoms with van der Waals surface area (Å²) in [6, 6.07) is 23.7. The Kier molecular flexibility index (Phi) is 9.83. The first kappa shape index (κ1) is 27.2. The smallest absolute Gasteiger partial charge is 0.457 e. The normalized spacial score (nSPS) is 16.5. The third kappa shape index (κ3) is 7.28. The van der Waals surface area contributed by atoms with Crippen LogP contribution in [0.5, 0.6) is 11.5 Å². The quantitative estimate of drug-likeness (QED) is 0.184. The van der Waals surface area contributed by atoms with Crippen molar-refractivity contribution in [2.24, 2.45) is 0 Å². The number of pyridine rings is 1. The molecule has 0 radical (unpaired) electrons. The zero-order valence-electron chi connectivity index (χ0n) is 19.9. The topological polar surface area (TPSA) is 63.8 Å². The Labute approximate surface area is 222 Å². The van der Waals surface area contributed by atoms with Crippen LogP contribution in [0.15, 0.2) is 97.7 Å². The number of ether oxygens (including phenoxy) is 2. The summed E-state index contributed by atoms with van der Waals surface area (Å²) >= 11 is 0. The zero-order valence-corrected chi connectivity index (χ0v) is 19.9. The van der Waals surface area contributed by atoms with Crippen molar-refractivity contribution in [3.05, 3.63) is 122 Å². The van der Waals surface area contributed by atoms with Gasteiger partial charge >= 0.3 is 18.9 Å². The number of carbonyl (C=O) groups excluding carboxylic acids is 1. The molecular weight excluding hydrogens is 450 g/mol. The Bertz CT molecular complexity index is 1290. The van der Waals surface area contributed by atoms with E-state index in [9.17, 15) is 4.39 Å². The molecule has 5 nitrogen and oxygen atoms in total. The van der Waals surface area contributed by atoms with Crippen LogP contribution in [0.2, 0.25) is 0 Å². The fourth-order valence-corrected chi connectivity index (χ4v) is 3.55. The van der Waals surface area contributed by atoms with E-state index in [0.717, 1.165) is 28.2 Å². The standard InChI is InChI=1S/C26H21FN2O2.C3H3O.Li/c1-17(19-6-2-8-22(16-19)30-21-12-10-20(27)11-13-21)15-24-26(31-24)29-23-9-3-5-18-7-4-14-28-25(18)23;1-2-3-4;/h2-17,24,26,29H,1H2;2H,1H2;/q-2;-1;+1/t17-,24+,26?;;/m0../s1. The third-order valence-electron chi connectivity index (χ3n) is 5.30. The van der Waals surface area contributed by atoms with Crippen LogP contribution in [0, 0.1) is 19.2 Å². The van der Waals surface area contributed by atoms with Crippen LogP contribution in [0.3, 0.4) is 0 Å². The van der Waals surface area contributed by atoms with Crippen LogP contribution >= 0.6 is 0 Å². The molecule has 0 spiro atoms. The maximum absolute atomic E-state index is 13.1. The summed E-state index contributed by atoms with van der Waals surface area (Å²) in [5.74, 6) is 0.903. The summed E-state index contributed by atoms with van der Waals surface area (Å²) in [5, 5.41) is 4.50. The number of hydrogen-bond acceptors (Lipinski definition) is 5. The van der Waals surface area contributed by atoms with Crippen molar-refractivity contribution >= 4 is 22.9 Å². The van der Waals surface area contributed by atoms with Crippen molar-refractivity contribution in [3.8, 4) is 11.5 Å². The van der Waals surface area contributed by atoms with Crippen molar-refractivity contribution < 1.29 is 37.5 Å². The summed E-state index contributed by atoms with van der Waals surface area (Å²) in [6.45, 7) is 7.31. The fourth-order valence-electron chi connectivity index (χ4n) is 3.55. The Morgan fingerprint density at radius 3 is 2.58 bits per heavy atom. The van der Waals surface area contributed by atoms with Crippen molar-refractivity contribution in [2.75, 3.05) is 5.32 Å². The van der Waals surface area contributed by atoms with Crippen molar-refractivity contribution in [2.45, 2.75) is 18.2 Å². The Hall–Kier alpha value is -3.43. The van der Waals surface area contributed by atoms with E-state index < -0.39 is 0 Å². The van der Waals surface area contributed by atoms with Crippen molar-refractivity contribution in [3.63, 3.8) is 0 Å². The number of nitrogens with zero attached hydrogens (tertiary/aromatic N) is 1. The number of fused-ring (bicyclic) bond motifs is 1. The molecule has 178 valence electrons. The van der Waals surface area contributed by atoms with Gasteiger partial charge in [0.25, 0.3) is 0 Å². The molecular formula is C29H24FLiN2O3-2. The first-order valence-electron chi connectivity index (χ1n) is 11.0. The van der Waals surface area contributed by atoms with Gasteiger partial charge in [-0.05, 0) is 60.9 Å². The number of anilines is 1. The molecule has 4 aromatic rings. The minimum atomic E-state index is -0.291. The van der Waals surface area contributed by atoms with Gasteiger partial charge in [-0.2, -0.15) is 0 Å². The number of rotatable bonds is 8. The van der Waals surface area contributed by atoms with Crippen molar-refractivity contribution in [1.82, 2.24) is 4.98 Å². The van der Waals surface area contributed by atoms with E-state index in [-0.39, 0.29) is 42.9 Å².